The topological polar surface area (TPSA) is 77.2 Å². The van der Waals surface area contributed by atoms with Gasteiger partial charge in [-0.15, -0.1) is 0 Å². The van der Waals surface area contributed by atoms with E-state index in [1.54, 1.807) is 23.7 Å². The zero-order valence-electron chi connectivity index (χ0n) is 16.0. The Hall–Kier alpha value is -2.96. The Labute approximate surface area is 168 Å². The fourth-order valence-electron chi connectivity index (χ4n) is 4.07. The van der Waals surface area contributed by atoms with Crippen LogP contribution in [0.25, 0.3) is 17.0 Å². The van der Waals surface area contributed by atoms with Gasteiger partial charge < -0.3 is 10.3 Å². The van der Waals surface area contributed by atoms with Gasteiger partial charge in [0.05, 0.1) is 0 Å². The molecule has 0 bridgehead atoms. The Bertz CT molecular complexity index is 1060. The summed E-state index contributed by atoms with van der Waals surface area (Å²) in [5.74, 6) is -0.742. The predicted molar refractivity (Wildman–Crippen MR) is 111 cm³/mol. The number of hydrogen-bond acceptors (Lipinski definition) is 3. The average molecular weight is 393 g/mol. The molecule has 1 heterocycles. The van der Waals surface area contributed by atoms with Crippen molar-refractivity contribution >= 4 is 22.9 Å². The lowest BCUT2D eigenvalue weighted by atomic mass is 10.0. The number of amides is 1. The number of H-pyrrole nitrogens is 1. The molecular formula is C23H24FN3O2. The zero-order valence-corrected chi connectivity index (χ0v) is 16.0. The summed E-state index contributed by atoms with van der Waals surface area (Å²) in [5, 5.41) is 13.2. The minimum atomic E-state index is -0.539. The highest BCUT2D eigenvalue weighted by molar-refractivity contribution is 5.90. The zero-order chi connectivity index (χ0) is 20.2. The van der Waals surface area contributed by atoms with E-state index in [0.29, 0.717) is 6.04 Å². The molecule has 0 saturated heterocycles. The molecule has 4 N–H and O–H groups in total. The normalized spacial score (nSPS) is 15.9. The number of rotatable bonds is 7. The summed E-state index contributed by atoms with van der Waals surface area (Å²) in [6.07, 6.45) is 8.90. The molecule has 0 fully saturated rings. The number of carbonyl (C=O) groups is 1. The van der Waals surface area contributed by atoms with E-state index in [0.717, 1.165) is 54.3 Å². The molecule has 5 nitrogen and oxygen atoms in total. The summed E-state index contributed by atoms with van der Waals surface area (Å²) in [6.45, 7) is 0.893. The molecule has 6 heteroatoms. The van der Waals surface area contributed by atoms with Crippen LogP contribution in [0.15, 0.2) is 48.7 Å². The van der Waals surface area contributed by atoms with Gasteiger partial charge in [-0.2, -0.15) is 0 Å². The summed E-state index contributed by atoms with van der Waals surface area (Å²) in [7, 11) is 0. The molecule has 1 unspecified atom stereocenters. The van der Waals surface area contributed by atoms with Gasteiger partial charge in [-0.3, -0.25) is 10.0 Å². The minimum Gasteiger partial charge on any atom is -0.361 e. The van der Waals surface area contributed by atoms with E-state index in [1.807, 2.05) is 12.3 Å². The van der Waals surface area contributed by atoms with Crippen molar-refractivity contribution in [2.45, 2.75) is 31.7 Å². The van der Waals surface area contributed by atoms with Crippen LogP contribution in [0.2, 0.25) is 0 Å². The maximum absolute atomic E-state index is 13.5. The molecule has 29 heavy (non-hydrogen) atoms. The number of aromatic amines is 1. The third-order valence-electron chi connectivity index (χ3n) is 5.53. The largest absolute Gasteiger partial charge is 0.361 e. The number of hydrogen-bond donors (Lipinski definition) is 4. The first-order valence-corrected chi connectivity index (χ1v) is 9.88. The lowest BCUT2D eigenvalue weighted by Crippen LogP contribution is -2.20. The van der Waals surface area contributed by atoms with Crippen LogP contribution in [0.1, 0.15) is 41.1 Å². The van der Waals surface area contributed by atoms with Crippen LogP contribution in [0.3, 0.4) is 0 Å². The van der Waals surface area contributed by atoms with E-state index in [2.05, 4.69) is 22.4 Å². The molecule has 150 valence electrons. The number of nitrogens with one attached hydrogen (secondary N) is 3. The molecule has 2 aromatic carbocycles. The van der Waals surface area contributed by atoms with E-state index in [1.165, 1.54) is 23.3 Å². The Balaban J connectivity index is 1.32. The Morgan fingerprint density at radius 3 is 3.03 bits per heavy atom. The van der Waals surface area contributed by atoms with Crippen LogP contribution < -0.4 is 10.8 Å². The number of benzene rings is 2. The fourth-order valence-corrected chi connectivity index (χ4v) is 4.07. The summed E-state index contributed by atoms with van der Waals surface area (Å²) in [4.78, 5) is 14.3. The van der Waals surface area contributed by atoms with Crippen molar-refractivity contribution in [3.63, 3.8) is 0 Å². The molecule has 1 aliphatic rings. The predicted octanol–water partition coefficient (Wildman–Crippen LogP) is 4.04. The van der Waals surface area contributed by atoms with Gasteiger partial charge in [-0.1, -0.05) is 18.2 Å². The third kappa shape index (κ3) is 4.39. The van der Waals surface area contributed by atoms with Gasteiger partial charge in [0.1, 0.15) is 5.82 Å². The monoisotopic (exact) mass is 393 g/mol. The van der Waals surface area contributed by atoms with Crippen LogP contribution in [-0.2, 0) is 17.6 Å². The van der Waals surface area contributed by atoms with Gasteiger partial charge in [0.25, 0.3) is 5.91 Å². The van der Waals surface area contributed by atoms with Crippen LogP contribution in [-0.4, -0.2) is 22.6 Å². The quantitative estimate of drug-likeness (QED) is 0.212. The maximum atomic E-state index is 13.5. The molecule has 0 radical (unpaired) electrons. The minimum absolute atomic E-state index is 0.203. The number of aryl methyl sites for hydroxylation is 2. The first-order chi connectivity index (χ1) is 14.1. The maximum Gasteiger partial charge on any atom is 0.267 e. The fraction of sp³-hybridized carbons (Fsp3) is 0.261. The molecule has 0 saturated carbocycles. The second kappa shape index (κ2) is 8.59. The van der Waals surface area contributed by atoms with Gasteiger partial charge in [0, 0.05) is 29.2 Å². The van der Waals surface area contributed by atoms with E-state index in [9.17, 15) is 9.18 Å². The molecular weight excluding hydrogens is 369 g/mol. The SMILES string of the molecule is O=C(C=Cc1ccc2c(c1)CCC2NCCCc1c[nH]c2ccc(F)cc12)NO. The highest BCUT2D eigenvalue weighted by Gasteiger charge is 2.21. The van der Waals surface area contributed by atoms with Crippen LogP contribution >= 0.6 is 0 Å². The number of fused-ring (bicyclic) bond motifs is 2. The Morgan fingerprint density at radius 1 is 1.28 bits per heavy atom. The lowest BCUT2D eigenvalue weighted by Gasteiger charge is -2.14. The van der Waals surface area contributed by atoms with Gasteiger partial charge in [0.2, 0.25) is 0 Å². The van der Waals surface area contributed by atoms with Crippen molar-refractivity contribution in [1.82, 2.24) is 15.8 Å². The molecule has 3 aromatic rings. The van der Waals surface area contributed by atoms with Crippen LogP contribution in [0, 0.1) is 5.82 Å². The molecule has 1 amide bonds. The van der Waals surface area contributed by atoms with E-state index < -0.39 is 5.91 Å². The second-order valence-electron chi connectivity index (χ2n) is 7.42. The molecule has 0 spiro atoms. The number of carbonyl (C=O) groups excluding carboxylic acids is 1. The standard InChI is InChI=1S/C23H24FN3O2/c24-18-6-9-22-20(13-18)17(14-26-22)2-1-11-25-21-8-5-16-12-15(3-7-19(16)21)4-10-23(28)27-29/h3-4,6-7,9-10,12-14,21,25-26,29H,1-2,5,8,11H2,(H,27,28). The van der Waals surface area contributed by atoms with Gasteiger partial charge in [-0.05, 0) is 78.8 Å². The van der Waals surface area contributed by atoms with Crippen molar-refractivity contribution < 1.29 is 14.4 Å². The van der Waals surface area contributed by atoms with E-state index in [-0.39, 0.29) is 5.82 Å². The van der Waals surface area contributed by atoms with Crippen molar-refractivity contribution in [3.8, 4) is 0 Å². The van der Waals surface area contributed by atoms with Crippen molar-refractivity contribution in [2.24, 2.45) is 0 Å². The number of hydroxylamine groups is 1. The van der Waals surface area contributed by atoms with E-state index in [4.69, 9.17) is 5.21 Å². The summed E-state index contributed by atoms with van der Waals surface area (Å²) < 4.78 is 13.5. The van der Waals surface area contributed by atoms with Crippen molar-refractivity contribution in [2.75, 3.05) is 6.54 Å². The summed E-state index contributed by atoms with van der Waals surface area (Å²) in [5.41, 5.74) is 7.26. The first kappa shape index (κ1) is 19.4. The highest BCUT2D eigenvalue weighted by Crippen LogP contribution is 2.32. The van der Waals surface area contributed by atoms with E-state index >= 15 is 0 Å². The molecule has 1 aromatic heterocycles. The summed E-state index contributed by atoms with van der Waals surface area (Å²) >= 11 is 0. The molecule has 0 aliphatic heterocycles. The summed E-state index contributed by atoms with van der Waals surface area (Å²) in [6, 6.07) is 11.4. The Morgan fingerprint density at radius 2 is 2.17 bits per heavy atom. The third-order valence-corrected chi connectivity index (χ3v) is 5.53. The highest BCUT2D eigenvalue weighted by atomic mass is 19.1. The number of aromatic nitrogens is 1. The molecule has 4 rings (SSSR count). The molecule has 1 aliphatic carbocycles. The van der Waals surface area contributed by atoms with Gasteiger partial charge in [0.15, 0.2) is 0 Å². The van der Waals surface area contributed by atoms with Crippen LogP contribution in [0.4, 0.5) is 4.39 Å². The Kier molecular flexibility index (Phi) is 5.74. The van der Waals surface area contributed by atoms with Crippen molar-refractivity contribution in [3.05, 3.63) is 76.7 Å². The van der Waals surface area contributed by atoms with Gasteiger partial charge >= 0.3 is 0 Å². The second-order valence-corrected chi connectivity index (χ2v) is 7.42. The first-order valence-electron chi connectivity index (χ1n) is 9.88. The lowest BCUT2D eigenvalue weighted by molar-refractivity contribution is -0.124. The number of halogens is 1. The molecule has 1 atom stereocenters. The average Bonchev–Trinajstić information content (AvgIpc) is 3.32. The smallest absolute Gasteiger partial charge is 0.267 e. The van der Waals surface area contributed by atoms with Gasteiger partial charge in [-0.25, -0.2) is 9.87 Å². The van der Waals surface area contributed by atoms with Crippen molar-refractivity contribution in [1.29, 1.82) is 0 Å². The van der Waals surface area contributed by atoms with Crippen LogP contribution in [0.5, 0.6) is 0 Å².